The number of rotatable bonds is 0. The van der Waals surface area contributed by atoms with Crippen LogP contribution in [0.5, 0.6) is 0 Å². The van der Waals surface area contributed by atoms with E-state index in [1.165, 1.54) is 25.8 Å². The molecular formula is C9H15N. The van der Waals surface area contributed by atoms with Crippen LogP contribution in [0.3, 0.4) is 0 Å². The molecule has 0 aromatic carbocycles. The van der Waals surface area contributed by atoms with Crippen molar-refractivity contribution < 1.29 is 0 Å². The number of piperidine rings is 1. The summed E-state index contributed by atoms with van der Waals surface area (Å²) in [5.74, 6) is 1.01. The van der Waals surface area contributed by atoms with Gasteiger partial charge in [-0.05, 0) is 38.8 Å². The molecule has 56 valence electrons. The minimum Gasteiger partial charge on any atom is -0.300 e. The average Bonchev–Trinajstić information content (AvgIpc) is 1.99. The fourth-order valence-corrected chi connectivity index (χ4v) is 2.06. The molecule has 2 atom stereocenters. The first-order valence-electron chi connectivity index (χ1n) is 4.23. The Morgan fingerprint density at radius 2 is 2.40 bits per heavy atom. The lowest BCUT2D eigenvalue weighted by Crippen LogP contribution is -2.39. The average molecular weight is 137 g/mol. The standard InChI is InChI=1S/C9H15N/c1-10-6-5-8-3-2-4-9(10)7-8/h2,4,8-9H,3,5-7H2,1H3/t8-,9+/m0/s1. The molecule has 0 spiro atoms. The van der Waals surface area contributed by atoms with Gasteiger partial charge in [-0.25, -0.2) is 0 Å². The van der Waals surface area contributed by atoms with Gasteiger partial charge in [0.1, 0.15) is 0 Å². The third-order valence-electron chi connectivity index (χ3n) is 2.86. The van der Waals surface area contributed by atoms with Crippen molar-refractivity contribution in [3.8, 4) is 0 Å². The number of hydrogen-bond donors (Lipinski definition) is 0. The number of hydrogen-bond acceptors (Lipinski definition) is 1. The molecular weight excluding hydrogens is 122 g/mol. The van der Waals surface area contributed by atoms with Crippen LogP contribution in [0.25, 0.3) is 0 Å². The van der Waals surface area contributed by atoms with Crippen molar-refractivity contribution in [1.29, 1.82) is 0 Å². The molecule has 0 N–H and O–H groups in total. The van der Waals surface area contributed by atoms with Gasteiger partial charge in [-0.1, -0.05) is 12.2 Å². The fraction of sp³-hybridized carbons (Fsp3) is 0.778. The SMILES string of the molecule is CN1CC[C@@H]2CC=C[C@@H]1C2. The normalized spacial score (nSPS) is 40.1. The van der Waals surface area contributed by atoms with Gasteiger partial charge in [-0.15, -0.1) is 0 Å². The Hall–Kier alpha value is -0.300. The van der Waals surface area contributed by atoms with E-state index in [0.29, 0.717) is 0 Å². The van der Waals surface area contributed by atoms with E-state index in [-0.39, 0.29) is 0 Å². The first-order valence-corrected chi connectivity index (χ1v) is 4.23. The molecule has 1 heterocycles. The lowest BCUT2D eigenvalue weighted by molar-refractivity contribution is 0.164. The summed E-state index contributed by atoms with van der Waals surface area (Å²) in [5, 5.41) is 0. The molecule has 1 nitrogen and oxygen atoms in total. The zero-order valence-electron chi connectivity index (χ0n) is 6.59. The van der Waals surface area contributed by atoms with Crippen LogP contribution in [0.4, 0.5) is 0 Å². The van der Waals surface area contributed by atoms with Crippen LogP contribution < -0.4 is 0 Å². The van der Waals surface area contributed by atoms with Crippen LogP contribution in [-0.4, -0.2) is 24.5 Å². The fourth-order valence-electron chi connectivity index (χ4n) is 2.06. The number of allylic oxidation sites excluding steroid dienone is 1. The van der Waals surface area contributed by atoms with Crippen LogP contribution in [0.15, 0.2) is 12.2 Å². The second kappa shape index (κ2) is 2.39. The molecule has 0 aromatic heterocycles. The largest absolute Gasteiger partial charge is 0.300 e. The molecule has 0 unspecified atom stereocenters. The molecule has 1 aliphatic carbocycles. The molecule has 1 saturated heterocycles. The zero-order valence-corrected chi connectivity index (χ0v) is 6.59. The van der Waals surface area contributed by atoms with E-state index in [9.17, 15) is 0 Å². The Morgan fingerprint density at radius 3 is 3.20 bits per heavy atom. The van der Waals surface area contributed by atoms with Gasteiger partial charge >= 0.3 is 0 Å². The molecule has 0 saturated carbocycles. The smallest absolute Gasteiger partial charge is 0.0277 e. The van der Waals surface area contributed by atoms with E-state index in [1.807, 2.05) is 0 Å². The predicted molar refractivity (Wildman–Crippen MR) is 42.9 cm³/mol. The zero-order chi connectivity index (χ0) is 6.97. The summed E-state index contributed by atoms with van der Waals surface area (Å²) < 4.78 is 0. The topological polar surface area (TPSA) is 3.24 Å². The van der Waals surface area contributed by atoms with E-state index >= 15 is 0 Å². The summed E-state index contributed by atoms with van der Waals surface area (Å²) in [5.41, 5.74) is 0. The number of likely N-dealkylation sites (N-methyl/N-ethyl adjacent to an activating group) is 1. The summed E-state index contributed by atoms with van der Waals surface area (Å²) >= 11 is 0. The van der Waals surface area contributed by atoms with Gasteiger partial charge in [0.15, 0.2) is 0 Å². The van der Waals surface area contributed by atoms with Crippen molar-refractivity contribution in [2.45, 2.75) is 25.3 Å². The lowest BCUT2D eigenvalue weighted by Gasteiger charge is -2.37. The van der Waals surface area contributed by atoms with Crippen molar-refractivity contribution in [2.75, 3.05) is 13.6 Å². The predicted octanol–water partition coefficient (Wildman–Crippen LogP) is 1.66. The van der Waals surface area contributed by atoms with Gasteiger partial charge in [0.25, 0.3) is 0 Å². The Kier molecular flexibility index (Phi) is 1.53. The van der Waals surface area contributed by atoms with E-state index in [2.05, 4.69) is 24.1 Å². The molecule has 0 radical (unpaired) electrons. The van der Waals surface area contributed by atoms with Gasteiger partial charge in [0.2, 0.25) is 0 Å². The quantitative estimate of drug-likeness (QED) is 0.459. The Bertz CT molecular complexity index is 151. The van der Waals surface area contributed by atoms with Gasteiger partial charge < -0.3 is 0 Å². The second-order valence-corrected chi connectivity index (χ2v) is 3.60. The van der Waals surface area contributed by atoms with Gasteiger partial charge in [-0.2, -0.15) is 0 Å². The molecule has 1 aliphatic heterocycles. The molecule has 1 fully saturated rings. The number of fused-ring (bicyclic) bond motifs is 2. The molecule has 0 amide bonds. The highest BCUT2D eigenvalue weighted by Crippen LogP contribution is 2.29. The van der Waals surface area contributed by atoms with Crippen molar-refractivity contribution in [3.05, 3.63) is 12.2 Å². The third kappa shape index (κ3) is 0.988. The van der Waals surface area contributed by atoms with Crippen molar-refractivity contribution in [2.24, 2.45) is 5.92 Å². The number of likely N-dealkylation sites (tertiary alicyclic amines) is 1. The minimum atomic E-state index is 0.771. The van der Waals surface area contributed by atoms with Crippen LogP contribution in [0.2, 0.25) is 0 Å². The Balaban J connectivity index is 2.12. The second-order valence-electron chi connectivity index (χ2n) is 3.60. The maximum atomic E-state index is 2.46. The highest BCUT2D eigenvalue weighted by Gasteiger charge is 2.25. The Labute approximate surface area is 62.7 Å². The first kappa shape index (κ1) is 6.41. The van der Waals surface area contributed by atoms with Gasteiger partial charge in [0.05, 0.1) is 0 Å². The summed E-state index contributed by atoms with van der Waals surface area (Å²) in [6.07, 6.45) is 8.89. The van der Waals surface area contributed by atoms with E-state index in [4.69, 9.17) is 0 Å². The molecule has 2 rings (SSSR count). The van der Waals surface area contributed by atoms with Crippen molar-refractivity contribution in [3.63, 3.8) is 0 Å². The number of nitrogens with zero attached hydrogens (tertiary/aromatic N) is 1. The van der Waals surface area contributed by atoms with E-state index < -0.39 is 0 Å². The monoisotopic (exact) mass is 137 g/mol. The lowest BCUT2D eigenvalue weighted by atomic mass is 9.84. The van der Waals surface area contributed by atoms with Crippen LogP contribution in [0.1, 0.15) is 19.3 Å². The maximum absolute atomic E-state index is 2.46. The van der Waals surface area contributed by atoms with Crippen molar-refractivity contribution >= 4 is 0 Å². The molecule has 2 aliphatic rings. The molecule has 1 heteroatoms. The van der Waals surface area contributed by atoms with Crippen LogP contribution >= 0.6 is 0 Å². The van der Waals surface area contributed by atoms with Crippen molar-refractivity contribution in [1.82, 2.24) is 4.90 Å². The van der Waals surface area contributed by atoms with Crippen LogP contribution in [0, 0.1) is 5.92 Å². The minimum absolute atomic E-state index is 0.771. The summed E-state index contributed by atoms with van der Waals surface area (Å²) in [6.45, 7) is 1.31. The molecule has 2 bridgehead atoms. The highest BCUT2D eigenvalue weighted by molar-refractivity contribution is 5.03. The van der Waals surface area contributed by atoms with E-state index in [1.54, 1.807) is 0 Å². The molecule has 10 heavy (non-hydrogen) atoms. The summed E-state index contributed by atoms with van der Waals surface area (Å²) in [7, 11) is 2.23. The van der Waals surface area contributed by atoms with E-state index in [0.717, 1.165) is 12.0 Å². The van der Waals surface area contributed by atoms with Crippen LogP contribution in [-0.2, 0) is 0 Å². The Morgan fingerprint density at radius 1 is 1.50 bits per heavy atom. The summed E-state index contributed by atoms with van der Waals surface area (Å²) in [6, 6.07) is 0.771. The van der Waals surface area contributed by atoms with Gasteiger partial charge in [0, 0.05) is 6.04 Å². The van der Waals surface area contributed by atoms with Gasteiger partial charge in [-0.3, -0.25) is 4.90 Å². The highest BCUT2D eigenvalue weighted by atomic mass is 15.1. The summed E-state index contributed by atoms with van der Waals surface area (Å²) in [4.78, 5) is 2.46. The first-order chi connectivity index (χ1) is 4.86. The third-order valence-corrected chi connectivity index (χ3v) is 2.86. The maximum Gasteiger partial charge on any atom is 0.0277 e. The molecule has 0 aromatic rings.